The van der Waals surface area contributed by atoms with Gasteiger partial charge in [-0.25, -0.2) is 4.39 Å². The number of nitriles is 1. The van der Waals surface area contributed by atoms with Crippen LogP contribution in [0.5, 0.6) is 5.75 Å². The molecule has 0 saturated heterocycles. The summed E-state index contributed by atoms with van der Waals surface area (Å²) < 4.78 is 24.2. The molecular weight excluding hydrogens is 321 g/mol. The lowest BCUT2D eigenvalue weighted by molar-refractivity contribution is 0.263. The minimum absolute atomic E-state index is 0.00792. The average molecular weight is 330 g/mol. The Hall–Kier alpha value is -2.91. The second-order valence-corrected chi connectivity index (χ2v) is 4.97. The van der Waals surface area contributed by atoms with Crippen LogP contribution in [0.3, 0.4) is 0 Å². The standard InChI is InChI=1S/C16H9ClFN3O2/c17-13-5-4-12(7-14(13)18)22-9-15-20-21-16(23-15)11-3-1-2-10(6-11)8-19/h1-7H,9H2. The fourth-order valence-corrected chi connectivity index (χ4v) is 1.98. The molecule has 3 aromatic rings. The van der Waals surface area contributed by atoms with Gasteiger partial charge in [0.05, 0.1) is 16.7 Å². The maximum absolute atomic E-state index is 13.3. The lowest BCUT2D eigenvalue weighted by atomic mass is 10.1. The molecule has 7 heteroatoms. The minimum atomic E-state index is -0.566. The molecule has 0 spiro atoms. The first-order chi connectivity index (χ1) is 11.2. The highest BCUT2D eigenvalue weighted by Gasteiger charge is 2.10. The molecule has 0 radical (unpaired) electrons. The smallest absolute Gasteiger partial charge is 0.254 e. The summed E-state index contributed by atoms with van der Waals surface area (Å²) in [6, 6.07) is 13.0. The molecule has 0 aliphatic rings. The van der Waals surface area contributed by atoms with Crippen molar-refractivity contribution in [3.05, 3.63) is 64.8 Å². The summed E-state index contributed by atoms with van der Waals surface area (Å²) in [5.74, 6) is 0.252. The Morgan fingerprint density at radius 3 is 2.87 bits per heavy atom. The van der Waals surface area contributed by atoms with E-state index in [1.54, 1.807) is 30.3 Å². The van der Waals surface area contributed by atoms with Crippen molar-refractivity contribution in [2.45, 2.75) is 6.61 Å². The van der Waals surface area contributed by atoms with Gasteiger partial charge >= 0.3 is 0 Å². The van der Waals surface area contributed by atoms with Gasteiger partial charge in [0.15, 0.2) is 6.61 Å². The van der Waals surface area contributed by atoms with Crippen molar-refractivity contribution in [1.29, 1.82) is 5.26 Å². The van der Waals surface area contributed by atoms with E-state index < -0.39 is 5.82 Å². The van der Waals surface area contributed by atoms with E-state index in [9.17, 15) is 4.39 Å². The predicted molar refractivity (Wildman–Crippen MR) is 80.2 cm³/mol. The van der Waals surface area contributed by atoms with Gasteiger partial charge in [-0.2, -0.15) is 5.26 Å². The third kappa shape index (κ3) is 3.47. The van der Waals surface area contributed by atoms with Crippen molar-refractivity contribution in [3.63, 3.8) is 0 Å². The third-order valence-electron chi connectivity index (χ3n) is 2.96. The summed E-state index contributed by atoms with van der Waals surface area (Å²) in [6.45, 7) is -0.00792. The molecule has 0 bridgehead atoms. The fraction of sp³-hybridized carbons (Fsp3) is 0.0625. The third-order valence-corrected chi connectivity index (χ3v) is 3.27. The summed E-state index contributed by atoms with van der Waals surface area (Å²) in [6.07, 6.45) is 0. The lowest BCUT2D eigenvalue weighted by Gasteiger charge is -2.03. The SMILES string of the molecule is N#Cc1cccc(-c2nnc(COc3ccc(Cl)c(F)c3)o2)c1. The number of hydrogen-bond donors (Lipinski definition) is 0. The second kappa shape index (κ2) is 6.46. The molecule has 0 aliphatic heterocycles. The molecule has 0 N–H and O–H groups in total. The Morgan fingerprint density at radius 2 is 2.09 bits per heavy atom. The van der Waals surface area contributed by atoms with Crippen LogP contribution in [0.15, 0.2) is 46.9 Å². The van der Waals surface area contributed by atoms with Gasteiger partial charge in [0, 0.05) is 11.6 Å². The number of rotatable bonds is 4. The molecule has 1 aromatic heterocycles. The molecule has 0 saturated carbocycles. The van der Waals surface area contributed by atoms with Gasteiger partial charge in [0.25, 0.3) is 5.89 Å². The normalized spacial score (nSPS) is 10.3. The van der Waals surface area contributed by atoms with Crippen molar-refractivity contribution in [3.8, 4) is 23.3 Å². The molecule has 0 fully saturated rings. The summed E-state index contributed by atoms with van der Waals surface area (Å²) >= 11 is 5.60. The average Bonchev–Trinajstić information content (AvgIpc) is 3.05. The monoisotopic (exact) mass is 329 g/mol. The number of halogens is 2. The Kier molecular flexibility index (Phi) is 4.22. The number of ether oxygens (including phenoxy) is 1. The van der Waals surface area contributed by atoms with Gasteiger partial charge in [0.1, 0.15) is 11.6 Å². The van der Waals surface area contributed by atoms with Gasteiger partial charge in [-0.1, -0.05) is 17.7 Å². The fourth-order valence-electron chi connectivity index (χ4n) is 1.86. The maximum atomic E-state index is 13.3. The minimum Gasteiger partial charge on any atom is -0.484 e. The molecule has 0 aliphatic carbocycles. The van der Waals surface area contributed by atoms with Crippen LogP contribution in [0.2, 0.25) is 5.02 Å². The topological polar surface area (TPSA) is 71.9 Å². The van der Waals surface area contributed by atoms with E-state index in [0.29, 0.717) is 16.9 Å². The molecule has 5 nitrogen and oxygen atoms in total. The van der Waals surface area contributed by atoms with Crippen LogP contribution in [-0.4, -0.2) is 10.2 Å². The zero-order valence-corrected chi connectivity index (χ0v) is 12.4. The van der Waals surface area contributed by atoms with E-state index >= 15 is 0 Å². The van der Waals surface area contributed by atoms with Gasteiger partial charge in [0.2, 0.25) is 5.89 Å². The predicted octanol–water partition coefficient (Wildman–Crippen LogP) is 3.98. The molecule has 0 atom stereocenters. The largest absolute Gasteiger partial charge is 0.484 e. The highest BCUT2D eigenvalue weighted by Crippen LogP contribution is 2.22. The van der Waals surface area contributed by atoms with E-state index in [1.807, 2.05) is 6.07 Å². The Labute approximate surface area is 135 Å². The summed E-state index contributed by atoms with van der Waals surface area (Å²) in [7, 11) is 0. The van der Waals surface area contributed by atoms with E-state index in [1.165, 1.54) is 12.1 Å². The van der Waals surface area contributed by atoms with E-state index in [2.05, 4.69) is 10.2 Å². The number of aromatic nitrogens is 2. The van der Waals surface area contributed by atoms with E-state index in [4.69, 9.17) is 26.0 Å². The van der Waals surface area contributed by atoms with Crippen molar-refractivity contribution >= 4 is 11.6 Å². The van der Waals surface area contributed by atoms with Crippen molar-refractivity contribution < 1.29 is 13.5 Å². The van der Waals surface area contributed by atoms with Crippen molar-refractivity contribution in [1.82, 2.24) is 10.2 Å². The van der Waals surface area contributed by atoms with Crippen LogP contribution in [0.4, 0.5) is 4.39 Å². The molecule has 2 aromatic carbocycles. The van der Waals surface area contributed by atoms with Crippen molar-refractivity contribution in [2.75, 3.05) is 0 Å². The van der Waals surface area contributed by atoms with Gasteiger partial charge in [-0.05, 0) is 30.3 Å². The molecule has 0 unspecified atom stereocenters. The highest BCUT2D eigenvalue weighted by molar-refractivity contribution is 6.30. The first-order valence-corrected chi connectivity index (χ1v) is 6.94. The van der Waals surface area contributed by atoms with Crippen molar-refractivity contribution in [2.24, 2.45) is 0 Å². The summed E-state index contributed by atoms with van der Waals surface area (Å²) in [5, 5.41) is 16.7. The first kappa shape index (κ1) is 15.0. The molecule has 114 valence electrons. The van der Waals surface area contributed by atoms with Crippen LogP contribution >= 0.6 is 11.6 Å². The molecule has 1 heterocycles. The molecule has 3 rings (SSSR count). The lowest BCUT2D eigenvalue weighted by Crippen LogP contribution is -1.96. The van der Waals surface area contributed by atoms with Crippen LogP contribution in [0.25, 0.3) is 11.5 Å². The molecule has 23 heavy (non-hydrogen) atoms. The van der Waals surface area contributed by atoms with Gasteiger partial charge in [-0.3, -0.25) is 0 Å². The number of nitrogens with zero attached hydrogens (tertiary/aromatic N) is 3. The van der Waals surface area contributed by atoms with Gasteiger partial charge < -0.3 is 9.15 Å². The number of benzene rings is 2. The van der Waals surface area contributed by atoms with Crippen LogP contribution in [0, 0.1) is 17.1 Å². The first-order valence-electron chi connectivity index (χ1n) is 6.56. The second-order valence-electron chi connectivity index (χ2n) is 4.56. The van der Waals surface area contributed by atoms with Gasteiger partial charge in [-0.15, -0.1) is 10.2 Å². The summed E-state index contributed by atoms with van der Waals surface area (Å²) in [4.78, 5) is 0. The molecule has 0 amide bonds. The summed E-state index contributed by atoms with van der Waals surface area (Å²) in [5.41, 5.74) is 1.13. The van der Waals surface area contributed by atoms with Crippen LogP contribution in [-0.2, 0) is 6.61 Å². The molecular formula is C16H9ClFN3O2. The maximum Gasteiger partial charge on any atom is 0.254 e. The van der Waals surface area contributed by atoms with Crippen LogP contribution < -0.4 is 4.74 Å². The number of hydrogen-bond acceptors (Lipinski definition) is 5. The van der Waals surface area contributed by atoms with Crippen LogP contribution in [0.1, 0.15) is 11.5 Å². The zero-order valence-electron chi connectivity index (χ0n) is 11.7. The van der Waals surface area contributed by atoms with E-state index in [0.717, 1.165) is 0 Å². The Balaban J connectivity index is 1.72. The Bertz CT molecular complexity index is 889. The van der Waals surface area contributed by atoms with E-state index in [-0.39, 0.29) is 23.4 Å². The zero-order chi connectivity index (χ0) is 16.2. The Morgan fingerprint density at radius 1 is 1.22 bits per heavy atom. The highest BCUT2D eigenvalue weighted by atomic mass is 35.5. The quantitative estimate of drug-likeness (QED) is 0.724.